The number of fused-ring (bicyclic) bond motifs is 1. The second-order valence-corrected chi connectivity index (χ2v) is 9.16. The minimum atomic E-state index is -4.58. The normalized spacial score (nSPS) is 15.3. The number of ether oxygens (including phenoxy) is 1. The molecule has 0 saturated carbocycles. The van der Waals surface area contributed by atoms with Gasteiger partial charge in [0.05, 0.1) is 28.3 Å². The van der Waals surface area contributed by atoms with Crippen LogP contribution in [0.25, 0.3) is 10.2 Å². The molecule has 0 unspecified atom stereocenters. The maximum atomic E-state index is 12.6. The third-order valence-electron chi connectivity index (χ3n) is 4.36. The molecular weight excluding hydrogens is 408 g/mol. The lowest BCUT2D eigenvalue weighted by Gasteiger charge is -2.25. The number of benzene rings is 2. The summed E-state index contributed by atoms with van der Waals surface area (Å²) in [6.07, 6.45) is 0. The number of nitrogens with one attached hydrogen (secondary N) is 1. The Hall–Kier alpha value is -2.30. The van der Waals surface area contributed by atoms with E-state index in [1.165, 1.54) is 24.3 Å². The summed E-state index contributed by atoms with van der Waals surface area (Å²) >= 11 is 1.59. The molecule has 148 valence electrons. The predicted molar refractivity (Wildman–Crippen MR) is 106 cm³/mol. The molecule has 10 heteroatoms. The monoisotopic (exact) mass is 425 g/mol. The Morgan fingerprint density at radius 1 is 1.07 bits per heavy atom. The number of hydrogen-bond donors (Lipinski definition) is 1. The first-order valence-corrected chi connectivity index (χ1v) is 10.9. The van der Waals surface area contributed by atoms with Crippen molar-refractivity contribution in [2.75, 3.05) is 36.5 Å². The molecule has 0 radical (unpaired) electrons. The number of anilines is 3. The van der Waals surface area contributed by atoms with E-state index in [9.17, 15) is 17.2 Å². The largest absolute Gasteiger partial charge is 0.378 e. The van der Waals surface area contributed by atoms with Gasteiger partial charge in [-0.3, -0.25) is 0 Å². The Bertz CT molecular complexity index is 1080. The zero-order valence-corrected chi connectivity index (χ0v) is 16.3. The van der Waals surface area contributed by atoms with Crippen LogP contribution in [0.3, 0.4) is 0 Å². The highest BCUT2D eigenvalue weighted by Gasteiger charge is 2.26. The summed E-state index contributed by atoms with van der Waals surface area (Å²) in [4.78, 5) is 6.46. The molecular formula is C18H17F2N3O3S2. The second-order valence-electron chi connectivity index (χ2n) is 6.23. The molecule has 0 amide bonds. The fourth-order valence-corrected chi connectivity index (χ4v) is 4.66. The molecule has 4 rings (SSSR count). The van der Waals surface area contributed by atoms with Gasteiger partial charge in [-0.1, -0.05) is 11.3 Å². The quantitative estimate of drug-likeness (QED) is 0.669. The van der Waals surface area contributed by atoms with Crippen molar-refractivity contribution >= 4 is 47.9 Å². The van der Waals surface area contributed by atoms with Crippen LogP contribution >= 0.6 is 11.3 Å². The van der Waals surface area contributed by atoms with Gasteiger partial charge in [-0.15, -0.1) is 0 Å². The van der Waals surface area contributed by atoms with Crippen LogP contribution < -0.4 is 10.2 Å². The highest BCUT2D eigenvalue weighted by molar-refractivity contribution is 7.91. The van der Waals surface area contributed by atoms with E-state index in [1.807, 2.05) is 18.2 Å². The first kappa shape index (κ1) is 19.0. The van der Waals surface area contributed by atoms with Crippen molar-refractivity contribution in [2.45, 2.75) is 10.7 Å². The van der Waals surface area contributed by atoms with Crippen LogP contribution in [0.2, 0.25) is 0 Å². The molecule has 0 spiro atoms. The van der Waals surface area contributed by atoms with E-state index in [2.05, 4.69) is 15.2 Å². The van der Waals surface area contributed by atoms with Crippen LogP contribution in [0.1, 0.15) is 0 Å². The van der Waals surface area contributed by atoms with E-state index in [0.717, 1.165) is 34.1 Å². The number of alkyl halides is 2. The number of halogens is 2. The van der Waals surface area contributed by atoms with Crippen molar-refractivity contribution in [1.82, 2.24) is 4.98 Å². The topological polar surface area (TPSA) is 71.5 Å². The Morgan fingerprint density at radius 2 is 1.75 bits per heavy atom. The maximum absolute atomic E-state index is 12.6. The highest BCUT2D eigenvalue weighted by atomic mass is 32.2. The van der Waals surface area contributed by atoms with Gasteiger partial charge >= 0.3 is 5.76 Å². The van der Waals surface area contributed by atoms with Gasteiger partial charge in [-0.25, -0.2) is 13.4 Å². The number of sulfone groups is 1. The van der Waals surface area contributed by atoms with Crippen LogP contribution in [0.4, 0.5) is 25.3 Å². The maximum Gasteiger partial charge on any atom is 0.341 e. The lowest BCUT2D eigenvalue weighted by Crippen LogP contribution is -2.36. The van der Waals surface area contributed by atoms with Gasteiger partial charge in [-0.05, 0) is 42.5 Å². The van der Waals surface area contributed by atoms with Crippen molar-refractivity contribution in [3.05, 3.63) is 42.5 Å². The molecule has 28 heavy (non-hydrogen) atoms. The van der Waals surface area contributed by atoms with Gasteiger partial charge in [0, 0.05) is 24.5 Å². The average Bonchev–Trinajstić information content (AvgIpc) is 3.12. The van der Waals surface area contributed by atoms with Crippen LogP contribution in [0.15, 0.2) is 47.4 Å². The number of aromatic nitrogens is 1. The summed E-state index contributed by atoms with van der Waals surface area (Å²) in [6, 6.07) is 11.0. The summed E-state index contributed by atoms with van der Waals surface area (Å²) in [6.45, 7) is 3.03. The van der Waals surface area contributed by atoms with Gasteiger partial charge in [-0.2, -0.15) is 8.78 Å². The van der Waals surface area contributed by atoms with Crippen LogP contribution in [0.5, 0.6) is 0 Å². The third-order valence-corrected chi connectivity index (χ3v) is 6.84. The molecule has 1 saturated heterocycles. The van der Waals surface area contributed by atoms with E-state index in [0.29, 0.717) is 18.9 Å². The number of rotatable bonds is 5. The zero-order chi connectivity index (χ0) is 19.7. The standard InChI is InChI=1S/C18H17F2N3O3S2/c19-17(20)28(24,25)14-4-1-12(2-5-14)21-13-3-6-15-16(11-13)27-18(22-15)23-7-9-26-10-8-23/h1-6,11,17,21H,7-10H2. The van der Waals surface area contributed by atoms with Gasteiger partial charge in [0.2, 0.25) is 9.84 Å². The molecule has 3 aromatic rings. The summed E-state index contributed by atoms with van der Waals surface area (Å²) in [5.41, 5.74) is 2.30. The molecule has 1 aromatic heterocycles. The Morgan fingerprint density at radius 3 is 2.43 bits per heavy atom. The second kappa shape index (κ2) is 7.61. The van der Waals surface area contributed by atoms with Crippen molar-refractivity contribution in [3.8, 4) is 0 Å². The molecule has 0 aliphatic carbocycles. The molecule has 0 atom stereocenters. The van der Waals surface area contributed by atoms with E-state index in [4.69, 9.17) is 4.74 Å². The minimum absolute atomic E-state index is 0.402. The van der Waals surface area contributed by atoms with E-state index in [1.54, 1.807) is 11.3 Å². The lowest BCUT2D eigenvalue weighted by atomic mass is 10.2. The molecule has 0 bridgehead atoms. The van der Waals surface area contributed by atoms with Crippen LogP contribution in [0, 0.1) is 0 Å². The van der Waals surface area contributed by atoms with E-state index < -0.39 is 20.5 Å². The average molecular weight is 425 g/mol. The number of morpholine rings is 1. The SMILES string of the molecule is O=S(=O)(c1ccc(Nc2ccc3nc(N4CCOCC4)sc3c2)cc1)C(F)F. The van der Waals surface area contributed by atoms with Gasteiger partial charge < -0.3 is 15.0 Å². The fraction of sp³-hybridized carbons (Fsp3) is 0.278. The smallest absolute Gasteiger partial charge is 0.341 e. The molecule has 2 aromatic carbocycles. The first-order valence-electron chi connectivity index (χ1n) is 8.56. The number of nitrogens with zero attached hydrogens (tertiary/aromatic N) is 2. The van der Waals surface area contributed by atoms with E-state index in [-0.39, 0.29) is 0 Å². The Balaban J connectivity index is 1.53. The predicted octanol–water partition coefficient (Wildman–Crippen LogP) is 3.87. The lowest BCUT2D eigenvalue weighted by molar-refractivity contribution is 0.122. The van der Waals surface area contributed by atoms with Crippen LogP contribution in [-0.4, -0.2) is 45.5 Å². The Labute approximate surface area is 164 Å². The zero-order valence-electron chi connectivity index (χ0n) is 14.6. The van der Waals surface area contributed by atoms with Gasteiger partial charge in [0.1, 0.15) is 0 Å². The molecule has 1 N–H and O–H groups in total. The fourth-order valence-electron chi connectivity index (χ4n) is 2.88. The van der Waals surface area contributed by atoms with Crippen molar-refractivity contribution in [2.24, 2.45) is 0 Å². The van der Waals surface area contributed by atoms with Crippen LogP contribution in [-0.2, 0) is 14.6 Å². The van der Waals surface area contributed by atoms with E-state index >= 15 is 0 Å². The van der Waals surface area contributed by atoms with Crippen molar-refractivity contribution in [1.29, 1.82) is 0 Å². The molecule has 1 aliphatic rings. The first-order chi connectivity index (χ1) is 13.4. The Kier molecular flexibility index (Phi) is 5.17. The van der Waals surface area contributed by atoms with Gasteiger partial charge in [0.25, 0.3) is 0 Å². The summed E-state index contributed by atoms with van der Waals surface area (Å²) in [5.74, 6) is -3.43. The minimum Gasteiger partial charge on any atom is -0.378 e. The number of thiazole rings is 1. The summed E-state index contributed by atoms with van der Waals surface area (Å²) in [5, 5.41) is 4.11. The molecule has 2 heterocycles. The summed E-state index contributed by atoms with van der Waals surface area (Å²) in [7, 11) is -4.58. The summed E-state index contributed by atoms with van der Waals surface area (Å²) < 4.78 is 54.6. The van der Waals surface area contributed by atoms with Gasteiger partial charge in [0.15, 0.2) is 5.13 Å². The van der Waals surface area contributed by atoms with Crippen molar-refractivity contribution < 1.29 is 21.9 Å². The molecule has 1 aliphatic heterocycles. The third kappa shape index (κ3) is 3.80. The molecule has 6 nitrogen and oxygen atoms in total. The van der Waals surface area contributed by atoms with Crippen molar-refractivity contribution in [3.63, 3.8) is 0 Å². The molecule has 1 fully saturated rings. The number of hydrogen-bond acceptors (Lipinski definition) is 7. The highest BCUT2D eigenvalue weighted by Crippen LogP contribution is 2.32.